The van der Waals surface area contributed by atoms with Gasteiger partial charge in [-0.05, 0) is 35.9 Å². The minimum absolute atomic E-state index is 0.00856. The third-order valence-corrected chi connectivity index (χ3v) is 4.67. The summed E-state index contributed by atoms with van der Waals surface area (Å²) in [5.74, 6) is 5.47. The van der Waals surface area contributed by atoms with Gasteiger partial charge in [-0.3, -0.25) is 0 Å². The van der Waals surface area contributed by atoms with E-state index in [4.69, 9.17) is 4.74 Å². The Hall–Kier alpha value is -1.88. The third kappa shape index (κ3) is 6.71. The Kier molecular flexibility index (Phi) is 6.79. The van der Waals surface area contributed by atoms with Crippen LogP contribution in [0.15, 0.2) is 53.0 Å². The Morgan fingerprint density at radius 3 is 2.58 bits per heavy atom. The van der Waals surface area contributed by atoms with Gasteiger partial charge in [0, 0.05) is 4.47 Å². The number of ether oxygens (including phenoxy) is 1. The van der Waals surface area contributed by atoms with Crippen LogP contribution in [0.25, 0.3) is 0 Å². The molecule has 0 spiro atoms. The van der Waals surface area contributed by atoms with Gasteiger partial charge in [0.05, 0.1) is 12.3 Å². The first-order valence-corrected chi connectivity index (χ1v) is 9.45. The number of hydrogen-bond acceptors (Lipinski definition) is 3. The van der Waals surface area contributed by atoms with Crippen LogP contribution in [0.4, 0.5) is 4.39 Å². The number of sulfonamides is 1. The summed E-state index contributed by atoms with van der Waals surface area (Å²) in [5.41, 5.74) is 0.509. The van der Waals surface area contributed by atoms with Gasteiger partial charge in [-0.25, -0.2) is 17.5 Å². The van der Waals surface area contributed by atoms with Crippen molar-refractivity contribution in [1.29, 1.82) is 0 Å². The summed E-state index contributed by atoms with van der Waals surface area (Å²) >= 11 is 3.34. The molecule has 0 saturated heterocycles. The standard InChI is InChI=1S/C17H15BrFNO3S/c18-15-4-3-5-17(12-15)23-11-2-1-10-20-24(21,22)13-14-6-8-16(19)9-7-14/h3-9,12,20H,10-11,13H2. The van der Waals surface area contributed by atoms with Gasteiger partial charge in [0.25, 0.3) is 0 Å². The second kappa shape index (κ2) is 8.83. The molecule has 0 aliphatic carbocycles. The fourth-order valence-corrected chi connectivity index (χ4v) is 3.19. The van der Waals surface area contributed by atoms with Crippen LogP contribution in [0, 0.1) is 17.7 Å². The molecule has 0 saturated carbocycles. The Labute approximate surface area is 149 Å². The molecule has 0 heterocycles. The molecule has 126 valence electrons. The SMILES string of the molecule is O=S(=O)(Cc1ccc(F)cc1)NCC#CCOc1cccc(Br)c1. The van der Waals surface area contributed by atoms with Crippen LogP contribution in [-0.4, -0.2) is 21.6 Å². The molecule has 0 aromatic heterocycles. The van der Waals surface area contributed by atoms with Crippen molar-refractivity contribution < 1.29 is 17.5 Å². The summed E-state index contributed by atoms with van der Waals surface area (Å²) in [4.78, 5) is 0. The molecule has 0 atom stereocenters. The van der Waals surface area contributed by atoms with E-state index in [1.54, 1.807) is 6.07 Å². The lowest BCUT2D eigenvalue weighted by Crippen LogP contribution is -2.25. The van der Waals surface area contributed by atoms with Crippen LogP contribution >= 0.6 is 15.9 Å². The highest BCUT2D eigenvalue weighted by atomic mass is 79.9. The molecule has 0 radical (unpaired) electrons. The molecule has 7 heteroatoms. The van der Waals surface area contributed by atoms with Crippen molar-refractivity contribution in [3.05, 3.63) is 64.4 Å². The van der Waals surface area contributed by atoms with Crippen LogP contribution < -0.4 is 9.46 Å². The maximum Gasteiger partial charge on any atom is 0.216 e. The first kappa shape index (κ1) is 18.5. The summed E-state index contributed by atoms with van der Waals surface area (Å²) in [6, 6.07) is 12.7. The van der Waals surface area contributed by atoms with E-state index in [1.165, 1.54) is 24.3 Å². The smallest absolute Gasteiger partial charge is 0.216 e. The number of hydrogen-bond donors (Lipinski definition) is 1. The van der Waals surface area contributed by atoms with Crippen molar-refractivity contribution >= 4 is 26.0 Å². The van der Waals surface area contributed by atoms with Crippen molar-refractivity contribution in [2.75, 3.05) is 13.2 Å². The van der Waals surface area contributed by atoms with Gasteiger partial charge < -0.3 is 4.74 Å². The zero-order valence-electron chi connectivity index (χ0n) is 12.6. The molecular formula is C17H15BrFNO3S. The van der Waals surface area contributed by atoms with E-state index in [1.807, 2.05) is 18.2 Å². The van der Waals surface area contributed by atoms with Gasteiger partial charge in [0.2, 0.25) is 10.0 Å². The average Bonchev–Trinajstić information content (AvgIpc) is 2.53. The van der Waals surface area contributed by atoms with E-state index in [-0.39, 0.29) is 18.9 Å². The van der Waals surface area contributed by atoms with Crippen molar-refractivity contribution in [2.45, 2.75) is 5.75 Å². The van der Waals surface area contributed by atoms with Gasteiger partial charge in [-0.15, -0.1) is 0 Å². The van der Waals surface area contributed by atoms with E-state index in [0.717, 1.165) is 4.47 Å². The molecule has 24 heavy (non-hydrogen) atoms. The van der Waals surface area contributed by atoms with E-state index in [2.05, 4.69) is 32.5 Å². The third-order valence-electron chi connectivity index (χ3n) is 2.88. The fourth-order valence-electron chi connectivity index (χ4n) is 1.79. The van der Waals surface area contributed by atoms with Crippen LogP contribution in [0.2, 0.25) is 0 Å². The monoisotopic (exact) mass is 411 g/mol. The molecule has 2 aromatic carbocycles. The second-order valence-electron chi connectivity index (χ2n) is 4.81. The lowest BCUT2D eigenvalue weighted by molar-refractivity contribution is 0.370. The molecule has 0 aliphatic heterocycles. The Bertz CT molecular complexity index is 842. The van der Waals surface area contributed by atoms with E-state index < -0.39 is 15.8 Å². The zero-order valence-corrected chi connectivity index (χ0v) is 15.0. The highest BCUT2D eigenvalue weighted by Gasteiger charge is 2.10. The molecule has 0 fully saturated rings. The van der Waals surface area contributed by atoms with Crippen molar-refractivity contribution in [2.24, 2.45) is 0 Å². The van der Waals surface area contributed by atoms with Crippen molar-refractivity contribution in [3.8, 4) is 17.6 Å². The molecule has 4 nitrogen and oxygen atoms in total. The number of nitrogens with one attached hydrogen (secondary N) is 1. The maximum atomic E-state index is 12.8. The highest BCUT2D eigenvalue weighted by molar-refractivity contribution is 9.10. The minimum atomic E-state index is -3.51. The summed E-state index contributed by atoms with van der Waals surface area (Å²) in [5, 5.41) is 0. The topological polar surface area (TPSA) is 55.4 Å². The first-order valence-electron chi connectivity index (χ1n) is 7.00. The van der Waals surface area contributed by atoms with Gasteiger partial charge in [-0.2, -0.15) is 0 Å². The number of halogens is 2. The van der Waals surface area contributed by atoms with E-state index in [0.29, 0.717) is 11.3 Å². The van der Waals surface area contributed by atoms with Gasteiger partial charge in [0.15, 0.2) is 0 Å². The molecular weight excluding hydrogens is 397 g/mol. The lowest BCUT2D eigenvalue weighted by atomic mass is 10.2. The molecule has 0 unspecified atom stereocenters. The quantitative estimate of drug-likeness (QED) is 0.743. The normalized spacial score (nSPS) is 10.8. The van der Waals surface area contributed by atoms with Gasteiger partial charge in [-0.1, -0.05) is 46.0 Å². The summed E-state index contributed by atoms with van der Waals surface area (Å²) in [6.45, 7) is 0.154. The Morgan fingerprint density at radius 2 is 1.88 bits per heavy atom. The molecule has 0 amide bonds. The summed E-state index contributed by atoms with van der Waals surface area (Å²) in [6.07, 6.45) is 0. The summed E-state index contributed by atoms with van der Waals surface area (Å²) in [7, 11) is -3.51. The minimum Gasteiger partial charge on any atom is -0.481 e. The maximum absolute atomic E-state index is 12.8. The van der Waals surface area contributed by atoms with E-state index in [9.17, 15) is 12.8 Å². The highest BCUT2D eigenvalue weighted by Crippen LogP contribution is 2.17. The van der Waals surface area contributed by atoms with Crippen LogP contribution in [0.3, 0.4) is 0 Å². The molecule has 1 N–H and O–H groups in total. The molecule has 0 aliphatic rings. The second-order valence-corrected chi connectivity index (χ2v) is 7.53. The molecule has 2 rings (SSSR count). The Morgan fingerprint density at radius 1 is 1.12 bits per heavy atom. The van der Waals surface area contributed by atoms with Crippen molar-refractivity contribution in [3.63, 3.8) is 0 Å². The van der Waals surface area contributed by atoms with Crippen LogP contribution in [-0.2, 0) is 15.8 Å². The number of rotatable bonds is 6. The Balaban J connectivity index is 1.76. The van der Waals surface area contributed by atoms with Crippen molar-refractivity contribution in [1.82, 2.24) is 4.72 Å². The lowest BCUT2D eigenvalue weighted by Gasteiger charge is -2.04. The summed E-state index contributed by atoms with van der Waals surface area (Å²) < 4.78 is 45.2. The average molecular weight is 412 g/mol. The fraction of sp³-hybridized carbons (Fsp3) is 0.176. The molecule has 2 aromatic rings. The first-order chi connectivity index (χ1) is 11.4. The van der Waals surface area contributed by atoms with Crippen LogP contribution in [0.1, 0.15) is 5.56 Å². The number of benzene rings is 2. The molecule has 0 bridgehead atoms. The zero-order chi connectivity index (χ0) is 17.4. The van der Waals surface area contributed by atoms with Gasteiger partial charge >= 0.3 is 0 Å². The van der Waals surface area contributed by atoms with Crippen LogP contribution in [0.5, 0.6) is 5.75 Å². The predicted molar refractivity (Wildman–Crippen MR) is 94.4 cm³/mol. The largest absolute Gasteiger partial charge is 0.481 e. The van der Waals surface area contributed by atoms with Gasteiger partial charge in [0.1, 0.15) is 18.2 Å². The van der Waals surface area contributed by atoms with E-state index >= 15 is 0 Å². The predicted octanol–water partition coefficient (Wildman–Crippen LogP) is 3.09.